The van der Waals surface area contributed by atoms with Gasteiger partial charge in [-0.05, 0) is 37.3 Å². The van der Waals surface area contributed by atoms with Crippen molar-refractivity contribution in [3.05, 3.63) is 34.3 Å². The molecule has 88 valence electrons. The average Bonchev–Trinajstić information content (AvgIpc) is 2.81. The third-order valence-corrected chi connectivity index (χ3v) is 4.45. The van der Waals surface area contributed by atoms with Crippen LogP contribution in [0.25, 0.3) is 0 Å². The predicted octanol–water partition coefficient (Wildman–Crippen LogP) is 4.12. The minimum absolute atomic E-state index is 0.648. The Morgan fingerprint density at radius 1 is 1.31 bits per heavy atom. The van der Waals surface area contributed by atoms with E-state index in [0.717, 1.165) is 12.5 Å². The Kier molecular flexibility index (Phi) is 4.42. The molecule has 0 unspecified atom stereocenters. The molecule has 16 heavy (non-hydrogen) atoms. The van der Waals surface area contributed by atoms with Crippen LogP contribution in [-0.2, 0) is 6.54 Å². The lowest BCUT2D eigenvalue weighted by Crippen LogP contribution is -2.31. The van der Waals surface area contributed by atoms with Crippen molar-refractivity contribution in [1.29, 1.82) is 0 Å². The Morgan fingerprint density at radius 3 is 2.69 bits per heavy atom. The van der Waals surface area contributed by atoms with E-state index in [9.17, 15) is 0 Å². The molecule has 1 fully saturated rings. The molecule has 0 spiro atoms. The summed E-state index contributed by atoms with van der Waals surface area (Å²) in [7, 11) is 0. The maximum absolute atomic E-state index is 3.65. The Labute approximate surface area is 107 Å². The average molecular weight is 282 g/mol. The number of benzene rings is 1. The molecular formula is C14H20BrN. The number of hydrogen-bond donors (Lipinski definition) is 1. The van der Waals surface area contributed by atoms with Gasteiger partial charge in [0.1, 0.15) is 0 Å². The van der Waals surface area contributed by atoms with E-state index in [1.807, 2.05) is 0 Å². The van der Waals surface area contributed by atoms with Gasteiger partial charge in [0, 0.05) is 17.1 Å². The molecule has 2 rings (SSSR count). The van der Waals surface area contributed by atoms with Gasteiger partial charge in [-0.15, -0.1) is 0 Å². The highest BCUT2D eigenvalue weighted by molar-refractivity contribution is 9.10. The lowest BCUT2D eigenvalue weighted by molar-refractivity contribution is 0.380. The Balaban J connectivity index is 1.84. The molecule has 1 aliphatic carbocycles. The SMILES string of the molecule is C[C@H](NCc1ccccc1Br)C1CCCC1. The van der Waals surface area contributed by atoms with Gasteiger partial charge in [-0.25, -0.2) is 0 Å². The molecule has 1 aromatic rings. The number of rotatable bonds is 4. The molecule has 1 aliphatic rings. The van der Waals surface area contributed by atoms with Gasteiger partial charge in [-0.3, -0.25) is 0 Å². The number of halogens is 1. The normalized spacial score (nSPS) is 18.9. The molecule has 0 amide bonds. The van der Waals surface area contributed by atoms with E-state index in [1.165, 1.54) is 35.7 Å². The highest BCUT2D eigenvalue weighted by Gasteiger charge is 2.20. The summed E-state index contributed by atoms with van der Waals surface area (Å²) in [6.45, 7) is 3.30. The van der Waals surface area contributed by atoms with Crippen LogP contribution in [0.5, 0.6) is 0 Å². The Bertz CT molecular complexity index is 331. The molecule has 0 heterocycles. The van der Waals surface area contributed by atoms with Crippen LogP contribution in [0.15, 0.2) is 28.7 Å². The van der Waals surface area contributed by atoms with Gasteiger partial charge in [-0.1, -0.05) is 47.0 Å². The first-order chi connectivity index (χ1) is 7.77. The minimum Gasteiger partial charge on any atom is -0.310 e. The third-order valence-electron chi connectivity index (χ3n) is 3.68. The Morgan fingerprint density at radius 2 is 2.00 bits per heavy atom. The smallest absolute Gasteiger partial charge is 0.0220 e. The molecule has 2 heteroatoms. The molecule has 0 saturated heterocycles. The van der Waals surface area contributed by atoms with Crippen molar-refractivity contribution in [3.63, 3.8) is 0 Å². The maximum Gasteiger partial charge on any atom is 0.0220 e. The van der Waals surface area contributed by atoms with Crippen LogP contribution in [0, 0.1) is 5.92 Å². The summed E-state index contributed by atoms with van der Waals surface area (Å²) in [5, 5.41) is 3.65. The van der Waals surface area contributed by atoms with E-state index >= 15 is 0 Å². The summed E-state index contributed by atoms with van der Waals surface area (Å²) in [5.74, 6) is 0.891. The minimum atomic E-state index is 0.648. The monoisotopic (exact) mass is 281 g/mol. The highest BCUT2D eigenvalue weighted by atomic mass is 79.9. The van der Waals surface area contributed by atoms with Crippen LogP contribution in [0.2, 0.25) is 0 Å². The van der Waals surface area contributed by atoms with E-state index < -0.39 is 0 Å². The van der Waals surface area contributed by atoms with Crippen molar-refractivity contribution in [1.82, 2.24) is 5.32 Å². The zero-order chi connectivity index (χ0) is 11.4. The summed E-state index contributed by atoms with van der Waals surface area (Å²) in [4.78, 5) is 0. The standard InChI is InChI=1S/C14H20BrN/c1-11(12-6-2-3-7-12)16-10-13-8-4-5-9-14(13)15/h4-5,8-9,11-12,16H,2-3,6-7,10H2,1H3/t11-/m0/s1. The maximum atomic E-state index is 3.65. The fourth-order valence-corrected chi connectivity index (χ4v) is 2.96. The first kappa shape index (κ1) is 12.1. The topological polar surface area (TPSA) is 12.0 Å². The van der Waals surface area contributed by atoms with E-state index in [0.29, 0.717) is 6.04 Å². The van der Waals surface area contributed by atoms with Crippen molar-refractivity contribution < 1.29 is 0 Å². The summed E-state index contributed by atoms with van der Waals surface area (Å²) in [6.07, 6.45) is 5.66. The zero-order valence-electron chi connectivity index (χ0n) is 9.88. The molecule has 1 atom stereocenters. The van der Waals surface area contributed by atoms with Gasteiger partial charge < -0.3 is 5.32 Å². The lowest BCUT2D eigenvalue weighted by Gasteiger charge is -2.20. The number of hydrogen-bond acceptors (Lipinski definition) is 1. The first-order valence-electron chi connectivity index (χ1n) is 6.24. The second-order valence-corrected chi connectivity index (χ2v) is 5.66. The van der Waals surface area contributed by atoms with E-state index in [4.69, 9.17) is 0 Å². The van der Waals surface area contributed by atoms with Crippen LogP contribution < -0.4 is 5.32 Å². The lowest BCUT2D eigenvalue weighted by atomic mass is 9.99. The number of nitrogens with one attached hydrogen (secondary N) is 1. The summed E-state index contributed by atoms with van der Waals surface area (Å²) >= 11 is 3.59. The Hall–Kier alpha value is -0.340. The van der Waals surface area contributed by atoms with E-state index in [-0.39, 0.29) is 0 Å². The highest BCUT2D eigenvalue weighted by Crippen LogP contribution is 2.27. The van der Waals surface area contributed by atoms with Gasteiger partial charge >= 0.3 is 0 Å². The van der Waals surface area contributed by atoms with Crippen molar-refractivity contribution in [2.24, 2.45) is 5.92 Å². The fourth-order valence-electron chi connectivity index (χ4n) is 2.54. The van der Waals surface area contributed by atoms with Gasteiger partial charge in [0.05, 0.1) is 0 Å². The zero-order valence-corrected chi connectivity index (χ0v) is 11.5. The summed E-state index contributed by atoms with van der Waals surface area (Å²) in [6, 6.07) is 9.10. The van der Waals surface area contributed by atoms with Gasteiger partial charge in [-0.2, -0.15) is 0 Å². The van der Waals surface area contributed by atoms with Crippen LogP contribution >= 0.6 is 15.9 Å². The second-order valence-electron chi connectivity index (χ2n) is 4.81. The second kappa shape index (κ2) is 5.83. The molecule has 0 bridgehead atoms. The van der Waals surface area contributed by atoms with Crippen LogP contribution in [0.3, 0.4) is 0 Å². The van der Waals surface area contributed by atoms with Gasteiger partial charge in [0.25, 0.3) is 0 Å². The van der Waals surface area contributed by atoms with Crippen molar-refractivity contribution in [2.45, 2.75) is 45.2 Å². The first-order valence-corrected chi connectivity index (χ1v) is 7.03. The molecule has 1 N–H and O–H groups in total. The van der Waals surface area contributed by atoms with Crippen molar-refractivity contribution in [3.8, 4) is 0 Å². The van der Waals surface area contributed by atoms with Crippen molar-refractivity contribution >= 4 is 15.9 Å². The van der Waals surface area contributed by atoms with Crippen LogP contribution in [0.1, 0.15) is 38.2 Å². The molecule has 0 radical (unpaired) electrons. The molecule has 0 aromatic heterocycles. The third kappa shape index (κ3) is 3.08. The molecule has 1 nitrogen and oxygen atoms in total. The van der Waals surface area contributed by atoms with Crippen LogP contribution in [0.4, 0.5) is 0 Å². The quantitative estimate of drug-likeness (QED) is 0.876. The molecule has 1 aromatic carbocycles. The molecule has 0 aliphatic heterocycles. The van der Waals surface area contributed by atoms with E-state index in [2.05, 4.69) is 52.4 Å². The fraction of sp³-hybridized carbons (Fsp3) is 0.571. The van der Waals surface area contributed by atoms with E-state index in [1.54, 1.807) is 0 Å². The predicted molar refractivity (Wildman–Crippen MR) is 72.4 cm³/mol. The largest absolute Gasteiger partial charge is 0.310 e. The van der Waals surface area contributed by atoms with Crippen molar-refractivity contribution in [2.75, 3.05) is 0 Å². The molecule has 1 saturated carbocycles. The van der Waals surface area contributed by atoms with Gasteiger partial charge in [0.15, 0.2) is 0 Å². The summed E-state index contributed by atoms with van der Waals surface area (Å²) in [5.41, 5.74) is 1.35. The molecular weight excluding hydrogens is 262 g/mol. The van der Waals surface area contributed by atoms with Gasteiger partial charge in [0.2, 0.25) is 0 Å². The summed E-state index contributed by atoms with van der Waals surface area (Å²) < 4.78 is 1.21. The van der Waals surface area contributed by atoms with Crippen LogP contribution in [-0.4, -0.2) is 6.04 Å².